The molecule has 0 saturated carbocycles. The van der Waals surface area contributed by atoms with Gasteiger partial charge in [0.1, 0.15) is 24.8 Å². The number of hydrogen-bond acceptors (Lipinski definition) is 3. The van der Waals surface area contributed by atoms with Gasteiger partial charge in [0.2, 0.25) is 0 Å². The second-order valence-electron chi connectivity index (χ2n) is 3.49. The second-order valence-corrected chi connectivity index (χ2v) is 3.49. The van der Waals surface area contributed by atoms with Gasteiger partial charge in [-0.1, -0.05) is 0 Å². The quantitative estimate of drug-likeness (QED) is 0.873. The maximum absolute atomic E-state index is 11.8. The van der Waals surface area contributed by atoms with Crippen molar-refractivity contribution < 1.29 is 23.0 Å². The molecule has 1 aromatic carbocycles. The summed E-state index contributed by atoms with van der Waals surface area (Å²) in [6.07, 6.45) is -4.34. The van der Waals surface area contributed by atoms with E-state index < -0.39 is 12.8 Å². The molecule has 0 aliphatic rings. The van der Waals surface area contributed by atoms with Crippen molar-refractivity contribution in [2.75, 3.05) is 6.61 Å². The number of benzene rings is 1. The van der Waals surface area contributed by atoms with Crippen molar-refractivity contribution in [2.24, 2.45) is 0 Å². The van der Waals surface area contributed by atoms with Gasteiger partial charge in [-0.05, 0) is 12.1 Å². The van der Waals surface area contributed by atoms with Gasteiger partial charge < -0.3 is 14.8 Å². The van der Waals surface area contributed by atoms with E-state index in [9.17, 15) is 18.3 Å². The number of ether oxygens (including phenoxy) is 1. The third-order valence-corrected chi connectivity index (χ3v) is 2.02. The molecule has 17 heavy (non-hydrogen) atoms. The summed E-state index contributed by atoms with van der Waals surface area (Å²) in [5, 5.41) is 9.19. The summed E-state index contributed by atoms with van der Waals surface area (Å²) in [5.74, 6) is 0.346. The average Bonchev–Trinajstić information content (AvgIpc) is 2.57. The van der Waals surface area contributed by atoms with Gasteiger partial charge in [-0.25, -0.2) is 4.98 Å². The van der Waals surface area contributed by atoms with Crippen LogP contribution in [0.1, 0.15) is 5.82 Å². The fourth-order valence-corrected chi connectivity index (χ4v) is 1.38. The van der Waals surface area contributed by atoms with Gasteiger partial charge in [0, 0.05) is 6.07 Å². The van der Waals surface area contributed by atoms with Crippen LogP contribution >= 0.6 is 0 Å². The highest BCUT2D eigenvalue weighted by atomic mass is 19.4. The first-order chi connectivity index (χ1) is 7.94. The van der Waals surface area contributed by atoms with Crippen LogP contribution in [0.25, 0.3) is 11.0 Å². The maximum atomic E-state index is 11.8. The van der Waals surface area contributed by atoms with Crippen LogP contribution in [0.4, 0.5) is 13.2 Å². The van der Waals surface area contributed by atoms with Crippen molar-refractivity contribution in [2.45, 2.75) is 12.8 Å². The smallest absolute Gasteiger partial charge is 0.411 e. The molecule has 2 rings (SSSR count). The van der Waals surface area contributed by atoms with Crippen LogP contribution in [0.3, 0.4) is 0 Å². The zero-order valence-electron chi connectivity index (χ0n) is 8.58. The average molecular weight is 246 g/mol. The van der Waals surface area contributed by atoms with Crippen molar-refractivity contribution in [3.63, 3.8) is 0 Å². The first-order valence-electron chi connectivity index (χ1n) is 4.76. The fourth-order valence-electron chi connectivity index (χ4n) is 1.38. The number of fused-ring (bicyclic) bond motifs is 1. The topological polar surface area (TPSA) is 58.1 Å². The summed E-state index contributed by atoms with van der Waals surface area (Å²) >= 11 is 0. The Labute approximate surface area is 94.0 Å². The molecule has 0 radical (unpaired) electrons. The van der Waals surface area contributed by atoms with Gasteiger partial charge in [-0.3, -0.25) is 0 Å². The summed E-state index contributed by atoms with van der Waals surface area (Å²) in [4.78, 5) is 6.77. The van der Waals surface area contributed by atoms with Crippen LogP contribution in [0.15, 0.2) is 18.2 Å². The lowest BCUT2D eigenvalue weighted by Crippen LogP contribution is -2.16. The van der Waals surface area contributed by atoms with E-state index in [2.05, 4.69) is 14.7 Å². The van der Waals surface area contributed by atoms with E-state index in [1.807, 2.05) is 0 Å². The van der Waals surface area contributed by atoms with Crippen LogP contribution in [0.5, 0.6) is 5.75 Å². The van der Waals surface area contributed by atoms with E-state index in [1.165, 1.54) is 12.1 Å². The number of phenols is 1. The number of halogens is 3. The molecule has 7 heteroatoms. The van der Waals surface area contributed by atoms with Gasteiger partial charge in [0.25, 0.3) is 0 Å². The van der Waals surface area contributed by atoms with Gasteiger partial charge in [0.15, 0.2) is 0 Å². The molecular weight excluding hydrogens is 237 g/mol. The highest BCUT2D eigenvalue weighted by Gasteiger charge is 2.27. The third kappa shape index (κ3) is 3.10. The fraction of sp³-hybridized carbons (Fsp3) is 0.300. The van der Waals surface area contributed by atoms with Crippen LogP contribution in [0, 0.1) is 0 Å². The zero-order valence-corrected chi connectivity index (χ0v) is 8.58. The molecule has 0 atom stereocenters. The molecule has 0 fully saturated rings. The summed E-state index contributed by atoms with van der Waals surface area (Å²) in [7, 11) is 0. The summed E-state index contributed by atoms with van der Waals surface area (Å²) in [6, 6.07) is 4.45. The lowest BCUT2D eigenvalue weighted by atomic mass is 10.3. The number of nitrogens with one attached hydrogen (secondary N) is 1. The van der Waals surface area contributed by atoms with Crippen LogP contribution in [-0.4, -0.2) is 27.9 Å². The number of imidazole rings is 1. The molecule has 1 heterocycles. The molecular formula is C10H9F3N2O2. The minimum atomic E-state index is -4.34. The number of aromatic nitrogens is 2. The number of phenolic OH excluding ortho intramolecular Hbond substituents is 1. The highest BCUT2D eigenvalue weighted by molar-refractivity contribution is 5.76. The molecule has 0 amide bonds. The van der Waals surface area contributed by atoms with Crippen molar-refractivity contribution in [3.8, 4) is 5.75 Å². The Morgan fingerprint density at radius 3 is 2.82 bits per heavy atom. The molecule has 4 nitrogen and oxygen atoms in total. The largest absolute Gasteiger partial charge is 0.508 e. The number of aromatic amines is 1. The molecule has 92 valence electrons. The highest BCUT2D eigenvalue weighted by Crippen LogP contribution is 2.19. The van der Waals surface area contributed by atoms with Gasteiger partial charge in [0.05, 0.1) is 11.0 Å². The monoisotopic (exact) mass is 246 g/mol. The number of alkyl halides is 3. The van der Waals surface area contributed by atoms with Gasteiger partial charge in [-0.15, -0.1) is 0 Å². The number of hydrogen-bond donors (Lipinski definition) is 2. The number of nitrogens with zero attached hydrogens (tertiary/aromatic N) is 1. The van der Waals surface area contributed by atoms with E-state index in [0.29, 0.717) is 11.0 Å². The molecule has 0 saturated heterocycles. The number of rotatable bonds is 3. The number of H-pyrrole nitrogens is 1. The van der Waals surface area contributed by atoms with Crippen molar-refractivity contribution >= 4 is 11.0 Å². The molecule has 1 aromatic heterocycles. The Morgan fingerprint density at radius 1 is 1.35 bits per heavy atom. The Hall–Kier alpha value is -1.76. The Kier molecular flexibility index (Phi) is 2.93. The molecule has 0 aliphatic heterocycles. The molecule has 2 aromatic rings. The summed E-state index contributed by atoms with van der Waals surface area (Å²) < 4.78 is 39.9. The lowest BCUT2D eigenvalue weighted by Gasteiger charge is -2.05. The van der Waals surface area contributed by atoms with Crippen molar-refractivity contribution in [1.82, 2.24) is 9.97 Å². The van der Waals surface area contributed by atoms with Crippen LogP contribution < -0.4 is 0 Å². The minimum Gasteiger partial charge on any atom is -0.508 e. The van der Waals surface area contributed by atoms with E-state index in [-0.39, 0.29) is 18.2 Å². The Balaban J connectivity index is 2.05. The van der Waals surface area contributed by atoms with E-state index >= 15 is 0 Å². The molecule has 0 spiro atoms. The molecule has 0 aliphatic carbocycles. The first-order valence-corrected chi connectivity index (χ1v) is 4.76. The molecule has 2 N–H and O–H groups in total. The third-order valence-electron chi connectivity index (χ3n) is 2.02. The standard InChI is InChI=1S/C10H9F3N2O2/c11-10(12,13)5-17-4-9-14-7-2-1-6(16)3-8(7)15-9/h1-3,16H,4-5H2,(H,14,15). The first kappa shape index (κ1) is 11.7. The number of aromatic hydroxyl groups is 1. The second kappa shape index (κ2) is 4.25. The van der Waals surface area contributed by atoms with Gasteiger partial charge >= 0.3 is 6.18 Å². The van der Waals surface area contributed by atoms with Gasteiger partial charge in [-0.2, -0.15) is 13.2 Å². The van der Waals surface area contributed by atoms with E-state index in [1.54, 1.807) is 6.07 Å². The summed E-state index contributed by atoms with van der Waals surface area (Å²) in [6.45, 7) is -1.57. The minimum absolute atomic E-state index is 0.0592. The SMILES string of the molecule is Oc1ccc2nc(COCC(F)(F)F)[nH]c2c1. The van der Waals surface area contributed by atoms with E-state index in [4.69, 9.17) is 0 Å². The van der Waals surface area contributed by atoms with Crippen LogP contribution in [0.2, 0.25) is 0 Å². The zero-order chi connectivity index (χ0) is 12.5. The molecule has 0 bridgehead atoms. The van der Waals surface area contributed by atoms with Crippen molar-refractivity contribution in [1.29, 1.82) is 0 Å². The Bertz CT molecular complexity index is 522. The van der Waals surface area contributed by atoms with Crippen LogP contribution in [-0.2, 0) is 11.3 Å². The summed E-state index contributed by atoms with van der Waals surface area (Å²) in [5.41, 5.74) is 1.11. The molecule has 0 unspecified atom stereocenters. The van der Waals surface area contributed by atoms with Crippen molar-refractivity contribution in [3.05, 3.63) is 24.0 Å². The maximum Gasteiger partial charge on any atom is 0.411 e. The Morgan fingerprint density at radius 2 is 2.12 bits per heavy atom. The normalized spacial score (nSPS) is 12.2. The predicted octanol–water partition coefficient (Wildman–Crippen LogP) is 2.35. The lowest BCUT2D eigenvalue weighted by molar-refractivity contribution is -0.177. The predicted molar refractivity (Wildman–Crippen MR) is 53.5 cm³/mol. The van der Waals surface area contributed by atoms with E-state index in [0.717, 1.165) is 0 Å².